The van der Waals surface area contributed by atoms with Gasteiger partial charge in [-0.2, -0.15) is 25.3 Å². The number of amides is 1. The van der Waals surface area contributed by atoms with Crippen molar-refractivity contribution in [3.05, 3.63) is 0 Å². The fourth-order valence-corrected chi connectivity index (χ4v) is 2.43. The molecule has 6 nitrogen and oxygen atoms in total. The molecule has 1 unspecified atom stereocenters. The Bertz CT molecular complexity index is 344. The van der Waals surface area contributed by atoms with E-state index in [1.807, 2.05) is 0 Å². The summed E-state index contributed by atoms with van der Waals surface area (Å²) < 4.78 is 0. The molecule has 0 bridgehead atoms. The van der Waals surface area contributed by atoms with Crippen molar-refractivity contribution < 1.29 is 24.6 Å². The molecule has 2 atom stereocenters. The van der Waals surface area contributed by atoms with Crippen molar-refractivity contribution in [2.24, 2.45) is 0 Å². The predicted molar refractivity (Wildman–Crippen MR) is 88.7 cm³/mol. The Morgan fingerprint density at radius 2 is 1.71 bits per heavy atom. The summed E-state index contributed by atoms with van der Waals surface area (Å²) in [6.07, 6.45) is 2.76. The van der Waals surface area contributed by atoms with Gasteiger partial charge in [0.15, 0.2) is 0 Å². The van der Waals surface area contributed by atoms with Gasteiger partial charge in [-0.25, -0.2) is 4.79 Å². The van der Waals surface area contributed by atoms with Crippen molar-refractivity contribution in [3.63, 3.8) is 0 Å². The van der Waals surface area contributed by atoms with E-state index in [2.05, 4.69) is 30.6 Å². The van der Waals surface area contributed by atoms with Gasteiger partial charge in [0.1, 0.15) is 6.04 Å². The molecule has 118 valence electrons. The Morgan fingerprint density at radius 1 is 1.10 bits per heavy atom. The maximum absolute atomic E-state index is 11.5. The summed E-state index contributed by atoms with van der Waals surface area (Å²) >= 11 is 8.47. The number of thiol groups is 2. The molecule has 0 aromatic carbocycles. The van der Waals surface area contributed by atoms with Gasteiger partial charge in [-0.15, -0.1) is 0 Å². The zero-order valence-electron chi connectivity index (χ0n) is 11.1. The molecular formula is C12H22NNaO5S2. The monoisotopic (exact) mass is 347 g/mol. The van der Waals surface area contributed by atoms with Crippen LogP contribution in [0.15, 0.2) is 0 Å². The first kappa shape index (κ1) is 23.4. The average Bonchev–Trinajstić information content (AvgIpc) is 2.33. The molecule has 0 spiro atoms. The number of carbonyl (C=O) groups is 3. The van der Waals surface area contributed by atoms with Crippen molar-refractivity contribution >= 4 is 72.7 Å². The van der Waals surface area contributed by atoms with Gasteiger partial charge in [-0.05, 0) is 25.0 Å². The second-order valence-electron chi connectivity index (χ2n) is 4.47. The summed E-state index contributed by atoms with van der Waals surface area (Å²) in [6.45, 7) is 0. The SMILES string of the molecule is O=C(O)C[C@H](NC(=O)CCCCC(S)CCS)C(=O)O.[NaH]. The molecule has 0 aliphatic heterocycles. The summed E-state index contributed by atoms with van der Waals surface area (Å²) in [7, 11) is 0. The number of unbranched alkanes of at least 4 members (excludes halogenated alkanes) is 1. The molecule has 21 heavy (non-hydrogen) atoms. The Kier molecular flexibility index (Phi) is 15.3. The average molecular weight is 347 g/mol. The molecule has 0 saturated carbocycles. The number of aliphatic carboxylic acids is 2. The Hall–Kier alpha value is 0.110. The molecule has 9 heteroatoms. The van der Waals surface area contributed by atoms with Gasteiger partial charge in [-0.1, -0.05) is 6.42 Å². The number of hydrogen-bond acceptors (Lipinski definition) is 5. The molecule has 0 radical (unpaired) electrons. The van der Waals surface area contributed by atoms with Crippen LogP contribution in [0.5, 0.6) is 0 Å². The van der Waals surface area contributed by atoms with Crippen LogP contribution >= 0.6 is 25.3 Å². The van der Waals surface area contributed by atoms with E-state index in [9.17, 15) is 14.4 Å². The van der Waals surface area contributed by atoms with E-state index in [0.717, 1.165) is 25.0 Å². The fraction of sp³-hybridized carbons (Fsp3) is 0.750. The van der Waals surface area contributed by atoms with Gasteiger partial charge < -0.3 is 15.5 Å². The van der Waals surface area contributed by atoms with Crippen molar-refractivity contribution in [3.8, 4) is 0 Å². The molecule has 0 rings (SSSR count). The van der Waals surface area contributed by atoms with E-state index in [1.54, 1.807) is 0 Å². The predicted octanol–water partition coefficient (Wildman–Crippen LogP) is 0.561. The molecule has 0 aliphatic carbocycles. The number of carbonyl (C=O) groups excluding carboxylic acids is 1. The van der Waals surface area contributed by atoms with Crippen LogP contribution < -0.4 is 5.32 Å². The third kappa shape index (κ3) is 13.5. The van der Waals surface area contributed by atoms with Crippen LogP contribution in [0.4, 0.5) is 0 Å². The number of hydrogen-bond donors (Lipinski definition) is 5. The standard InChI is InChI=1S/C12H21NO5S2.Na.H/c14-10(4-2-1-3-8(20)5-6-19)13-9(12(17)18)7-11(15)16;;/h8-9,19-20H,1-7H2,(H,13,14)(H,15,16)(H,17,18);;/t8?,9-;;/m0../s1. The second kappa shape index (κ2) is 13.8. The summed E-state index contributed by atoms with van der Waals surface area (Å²) in [5.74, 6) is -2.28. The van der Waals surface area contributed by atoms with Crippen LogP contribution in [-0.2, 0) is 14.4 Å². The summed E-state index contributed by atoms with van der Waals surface area (Å²) in [4.78, 5) is 32.7. The third-order valence-corrected chi connectivity index (χ3v) is 3.44. The zero-order chi connectivity index (χ0) is 15.5. The molecule has 0 saturated heterocycles. The molecule has 0 heterocycles. The van der Waals surface area contributed by atoms with Gasteiger partial charge >= 0.3 is 41.5 Å². The van der Waals surface area contributed by atoms with E-state index in [1.165, 1.54) is 0 Å². The summed E-state index contributed by atoms with van der Waals surface area (Å²) in [6, 6.07) is -1.37. The molecule has 1 amide bonds. The number of carboxylic acid groups (broad SMARTS) is 2. The van der Waals surface area contributed by atoms with Crippen LogP contribution in [0.25, 0.3) is 0 Å². The van der Waals surface area contributed by atoms with Crippen LogP contribution in [0, 0.1) is 0 Å². The van der Waals surface area contributed by atoms with Crippen molar-refractivity contribution in [1.29, 1.82) is 0 Å². The molecule has 0 aliphatic rings. The van der Waals surface area contributed by atoms with Crippen LogP contribution in [0.3, 0.4) is 0 Å². The van der Waals surface area contributed by atoms with E-state index in [-0.39, 0.29) is 41.2 Å². The van der Waals surface area contributed by atoms with Crippen molar-refractivity contribution in [2.45, 2.75) is 49.8 Å². The van der Waals surface area contributed by atoms with E-state index < -0.39 is 30.3 Å². The molecule has 3 N–H and O–H groups in total. The quantitative estimate of drug-likeness (QED) is 0.213. The van der Waals surface area contributed by atoms with Gasteiger partial charge in [0, 0.05) is 11.7 Å². The minimum absolute atomic E-state index is 0. The van der Waals surface area contributed by atoms with Crippen molar-refractivity contribution in [1.82, 2.24) is 5.32 Å². The summed E-state index contributed by atoms with van der Waals surface area (Å²) in [5.41, 5.74) is 0. The second-order valence-corrected chi connectivity index (χ2v) is 5.65. The molecule has 0 aromatic heterocycles. The topological polar surface area (TPSA) is 104 Å². The first-order valence-electron chi connectivity index (χ1n) is 6.39. The first-order chi connectivity index (χ1) is 9.36. The van der Waals surface area contributed by atoms with E-state index in [4.69, 9.17) is 10.2 Å². The maximum atomic E-state index is 11.5. The zero-order valence-corrected chi connectivity index (χ0v) is 12.9. The Morgan fingerprint density at radius 3 is 2.19 bits per heavy atom. The van der Waals surface area contributed by atoms with E-state index >= 15 is 0 Å². The van der Waals surface area contributed by atoms with Crippen molar-refractivity contribution in [2.75, 3.05) is 5.75 Å². The molecular weight excluding hydrogens is 325 g/mol. The Balaban J connectivity index is 0. The number of carboxylic acids is 2. The Labute approximate surface area is 157 Å². The van der Waals surface area contributed by atoms with Gasteiger partial charge in [0.2, 0.25) is 5.91 Å². The first-order valence-corrected chi connectivity index (χ1v) is 7.54. The minimum atomic E-state index is -1.37. The fourth-order valence-electron chi connectivity index (χ4n) is 1.60. The third-order valence-electron chi connectivity index (χ3n) is 2.67. The van der Waals surface area contributed by atoms with Gasteiger partial charge in [-0.3, -0.25) is 9.59 Å². The number of rotatable bonds is 11. The van der Waals surface area contributed by atoms with Gasteiger partial charge in [0.25, 0.3) is 0 Å². The summed E-state index contributed by atoms with van der Waals surface area (Å²) in [5, 5.41) is 19.8. The number of nitrogens with one attached hydrogen (secondary N) is 1. The van der Waals surface area contributed by atoms with E-state index in [0.29, 0.717) is 6.42 Å². The van der Waals surface area contributed by atoms with Crippen LogP contribution in [-0.4, -0.2) is 74.7 Å². The van der Waals surface area contributed by atoms with Crippen LogP contribution in [0.2, 0.25) is 0 Å². The molecule has 0 fully saturated rings. The normalized spacial score (nSPS) is 12.9. The van der Waals surface area contributed by atoms with Crippen LogP contribution in [0.1, 0.15) is 38.5 Å². The van der Waals surface area contributed by atoms with Gasteiger partial charge in [0.05, 0.1) is 6.42 Å². The molecule has 0 aromatic rings.